The van der Waals surface area contributed by atoms with Gasteiger partial charge in [0.25, 0.3) is 11.8 Å². The van der Waals surface area contributed by atoms with Gasteiger partial charge in [0, 0.05) is 11.6 Å². The summed E-state index contributed by atoms with van der Waals surface area (Å²) < 4.78 is 0. The molecule has 3 amide bonds. The summed E-state index contributed by atoms with van der Waals surface area (Å²) >= 11 is 1.25. The third kappa shape index (κ3) is 3.00. The summed E-state index contributed by atoms with van der Waals surface area (Å²) in [5.41, 5.74) is 1.97. The molecule has 1 aliphatic rings. The van der Waals surface area contributed by atoms with Gasteiger partial charge in [-0.3, -0.25) is 24.3 Å². The number of hydrogen-bond acceptors (Lipinski definition) is 6. The Labute approximate surface area is 158 Å². The van der Waals surface area contributed by atoms with Crippen molar-refractivity contribution >= 4 is 34.2 Å². The number of pyridine rings is 1. The van der Waals surface area contributed by atoms with Crippen LogP contribution in [0.3, 0.4) is 0 Å². The van der Waals surface area contributed by atoms with Crippen molar-refractivity contribution in [2.45, 2.75) is 13.0 Å². The number of aromatic nitrogens is 2. The Kier molecular flexibility index (Phi) is 4.25. The summed E-state index contributed by atoms with van der Waals surface area (Å²) in [4.78, 5) is 47.1. The second kappa shape index (κ2) is 6.73. The van der Waals surface area contributed by atoms with Gasteiger partial charge in [0.15, 0.2) is 5.13 Å². The van der Waals surface area contributed by atoms with Crippen molar-refractivity contribution in [3.63, 3.8) is 0 Å². The monoisotopic (exact) mass is 378 g/mol. The van der Waals surface area contributed by atoms with Crippen molar-refractivity contribution < 1.29 is 14.4 Å². The van der Waals surface area contributed by atoms with Crippen LogP contribution in [0, 0.1) is 0 Å². The fourth-order valence-electron chi connectivity index (χ4n) is 2.85. The lowest BCUT2D eigenvalue weighted by molar-refractivity contribution is -0.119. The van der Waals surface area contributed by atoms with E-state index in [2.05, 4.69) is 15.3 Å². The number of benzene rings is 1. The van der Waals surface area contributed by atoms with Crippen molar-refractivity contribution in [2.75, 3.05) is 5.32 Å². The SMILES string of the molecule is CC(C(=O)Nc1nc(-c2ccccn2)cs1)N1C(=O)c2ccccc2C1=O. The van der Waals surface area contributed by atoms with E-state index < -0.39 is 23.8 Å². The molecule has 2 aromatic heterocycles. The van der Waals surface area contributed by atoms with Gasteiger partial charge in [0.05, 0.1) is 16.8 Å². The van der Waals surface area contributed by atoms with Crippen LogP contribution in [0.2, 0.25) is 0 Å². The van der Waals surface area contributed by atoms with E-state index in [1.807, 2.05) is 18.2 Å². The molecular formula is C19H14N4O3S. The summed E-state index contributed by atoms with van der Waals surface area (Å²) in [7, 11) is 0. The van der Waals surface area contributed by atoms with Crippen molar-refractivity contribution in [1.29, 1.82) is 0 Å². The minimum atomic E-state index is -0.959. The largest absolute Gasteiger partial charge is 0.300 e. The van der Waals surface area contributed by atoms with Crippen LogP contribution in [0.4, 0.5) is 5.13 Å². The topological polar surface area (TPSA) is 92.3 Å². The molecule has 1 N–H and O–H groups in total. The molecule has 8 heteroatoms. The maximum absolute atomic E-state index is 12.6. The highest BCUT2D eigenvalue weighted by Crippen LogP contribution is 2.26. The summed E-state index contributed by atoms with van der Waals surface area (Å²) in [6, 6.07) is 11.1. The van der Waals surface area contributed by atoms with E-state index in [0.29, 0.717) is 27.6 Å². The maximum Gasteiger partial charge on any atom is 0.262 e. The normalized spacial score (nSPS) is 14.2. The minimum absolute atomic E-state index is 0.314. The summed E-state index contributed by atoms with van der Waals surface area (Å²) in [5.74, 6) is -1.41. The Morgan fingerprint density at radius 3 is 2.33 bits per heavy atom. The highest BCUT2D eigenvalue weighted by atomic mass is 32.1. The molecule has 0 fully saturated rings. The number of rotatable bonds is 4. The summed E-state index contributed by atoms with van der Waals surface area (Å²) in [5, 5.41) is 4.83. The molecule has 0 saturated carbocycles. The Bertz CT molecular complexity index is 1010. The van der Waals surface area contributed by atoms with Gasteiger partial charge in [-0.25, -0.2) is 4.98 Å². The quantitative estimate of drug-likeness (QED) is 0.705. The minimum Gasteiger partial charge on any atom is -0.300 e. The fourth-order valence-corrected chi connectivity index (χ4v) is 3.56. The second-order valence-corrected chi connectivity index (χ2v) is 6.80. The Morgan fingerprint density at radius 1 is 1.04 bits per heavy atom. The van der Waals surface area contributed by atoms with Crippen molar-refractivity contribution in [2.24, 2.45) is 0 Å². The van der Waals surface area contributed by atoms with E-state index in [1.165, 1.54) is 18.3 Å². The highest BCUT2D eigenvalue weighted by Gasteiger charge is 2.40. The zero-order chi connectivity index (χ0) is 19.0. The van der Waals surface area contributed by atoms with E-state index in [0.717, 1.165) is 4.90 Å². The first-order valence-electron chi connectivity index (χ1n) is 8.21. The molecule has 0 aliphatic carbocycles. The zero-order valence-corrected chi connectivity index (χ0v) is 15.1. The first kappa shape index (κ1) is 17.0. The lowest BCUT2D eigenvalue weighted by Gasteiger charge is -2.21. The molecule has 0 bridgehead atoms. The van der Waals surface area contributed by atoms with Crippen LogP contribution < -0.4 is 5.32 Å². The summed E-state index contributed by atoms with van der Waals surface area (Å²) in [6.07, 6.45) is 1.66. The third-order valence-electron chi connectivity index (χ3n) is 4.25. The zero-order valence-electron chi connectivity index (χ0n) is 14.2. The van der Waals surface area contributed by atoms with Crippen LogP contribution >= 0.6 is 11.3 Å². The van der Waals surface area contributed by atoms with Gasteiger partial charge < -0.3 is 5.32 Å². The molecule has 1 atom stereocenters. The lowest BCUT2D eigenvalue weighted by Crippen LogP contribution is -2.45. The fraction of sp³-hybridized carbons (Fsp3) is 0.105. The van der Waals surface area contributed by atoms with Crippen molar-refractivity contribution in [3.8, 4) is 11.4 Å². The van der Waals surface area contributed by atoms with E-state index in [-0.39, 0.29) is 0 Å². The molecule has 3 aromatic rings. The average Bonchev–Trinajstić information content (AvgIpc) is 3.26. The molecule has 0 saturated heterocycles. The van der Waals surface area contributed by atoms with Crippen molar-refractivity contribution in [3.05, 3.63) is 65.2 Å². The van der Waals surface area contributed by atoms with Crippen LogP contribution in [-0.4, -0.2) is 38.6 Å². The molecule has 0 spiro atoms. The summed E-state index contributed by atoms with van der Waals surface area (Å²) in [6.45, 7) is 1.52. The van der Waals surface area contributed by atoms with Crippen LogP contribution in [0.25, 0.3) is 11.4 Å². The van der Waals surface area contributed by atoms with E-state index in [1.54, 1.807) is 35.8 Å². The molecule has 1 unspecified atom stereocenters. The molecule has 134 valence electrons. The molecular weight excluding hydrogens is 364 g/mol. The smallest absolute Gasteiger partial charge is 0.262 e. The number of anilines is 1. The van der Waals surface area contributed by atoms with Crippen molar-refractivity contribution in [1.82, 2.24) is 14.9 Å². The lowest BCUT2D eigenvalue weighted by atomic mass is 10.1. The Morgan fingerprint density at radius 2 is 1.70 bits per heavy atom. The van der Waals surface area contributed by atoms with E-state index in [9.17, 15) is 14.4 Å². The Hall–Kier alpha value is -3.39. The van der Waals surface area contributed by atoms with Crippen LogP contribution in [0.1, 0.15) is 27.6 Å². The number of carbonyl (C=O) groups is 3. The molecule has 3 heterocycles. The first-order valence-corrected chi connectivity index (χ1v) is 9.09. The number of hydrogen-bond donors (Lipinski definition) is 1. The average molecular weight is 378 g/mol. The van der Waals surface area contributed by atoms with Gasteiger partial charge in [-0.15, -0.1) is 11.3 Å². The van der Waals surface area contributed by atoms with Gasteiger partial charge in [-0.1, -0.05) is 18.2 Å². The number of imide groups is 1. The standard InChI is InChI=1S/C19H14N4O3S/c1-11(23-17(25)12-6-2-3-7-13(12)18(23)26)16(24)22-19-21-15(10-27-19)14-8-4-5-9-20-14/h2-11H,1H3,(H,21,22,24). The van der Waals surface area contributed by atoms with Gasteiger partial charge >= 0.3 is 0 Å². The van der Waals surface area contributed by atoms with Crippen LogP contribution in [-0.2, 0) is 4.79 Å². The van der Waals surface area contributed by atoms with E-state index >= 15 is 0 Å². The molecule has 7 nitrogen and oxygen atoms in total. The Balaban J connectivity index is 1.50. The number of nitrogens with zero attached hydrogens (tertiary/aromatic N) is 3. The van der Waals surface area contributed by atoms with Gasteiger partial charge in [0.2, 0.25) is 5.91 Å². The number of fused-ring (bicyclic) bond motifs is 1. The molecule has 1 aliphatic heterocycles. The van der Waals surface area contributed by atoms with E-state index in [4.69, 9.17) is 0 Å². The van der Waals surface area contributed by atoms with Gasteiger partial charge in [-0.2, -0.15) is 0 Å². The number of thiazole rings is 1. The molecule has 27 heavy (non-hydrogen) atoms. The highest BCUT2D eigenvalue weighted by molar-refractivity contribution is 7.14. The predicted octanol–water partition coefficient (Wildman–Crippen LogP) is 2.83. The third-order valence-corrected chi connectivity index (χ3v) is 5.01. The number of carbonyl (C=O) groups excluding carboxylic acids is 3. The van der Waals surface area contributed by atoms with Gasteiger partial charge in [-0.05, 0) is 31.2 Å². The number of nitrogens with one attached hydrogen (secondary N) is 1. The van der Waals surface area contributed by atoms with Gasteiger partial charge in [0.1, 0.15) is 11.7 Å². The predicted molar refractivity (Wildman–Crippen MR) is 100 cm³/mol. The van der Waals surface area contributed by atoms with Crippen LogP contribution in [0.5, 0.6) is 0 Å². The number of amides is 3. The molecule has 0 radical (unpaired) electrons. The first-order chi connectivity index (χ1) is 13.1. The molecule has 1 aromatic carbocycles. The second-order valence-electron chi connectivity index (χ2n) is 5.94. The molecule has 4 rings (SSSR count). The maximum atomic E-state index is 12.6. The van der Waals surface area contributed by atoms with Crippen LogP contribution in [0.15, 0.2) is 54.0 Å².